The predicted molar refractivity (Wildman–Crippen MR) is 122 cm³/mol. The van der Waals surface area contributed by atoms with Crippen LogP contribution in [-0.2, 0) is 4.74 Å². The van der Waals surface area contributed by atoms with E-state index in [2.05, 4.69) is 29.4 Å². The maximum absolute atomic E-state index is 12.7. The molecule has 2 N–H and O–H groups in total. The normalized spacial score (nSPS) is 30.3. The van der Waals surface area contributed by atoms with Crippen LogP contribution in [0.25, 0.3) is 0 Å². The Labute approximate surface area is 183 Å². The van der Waals surface area contributed by atoms with E-state index in [1.807, 2.05) is 25.7 Å². The molecule has 3 heterocycles. The van der Waals surface area contributed by atoms with Gasteiger partial charge < -0.3 is 20.3 Å². The van der Waals surface area contributed by atoms with E-state index in [0.717, 1.165) is 51.3 Å². The van der Waals surface area contributed by atoms with E-state index in [1.165, 1.54) is 25.8 Å². The molecule has 0 aliphatic carbocycles. The first kappa shape index (κ1) is 23.2. The molecule has 3 saturated heterocycles. The second-order valence-corrected chi connectivity index (χ2v) is 10.1. The van der Waals surface area contributed by atoms with Gasteiger partial charge in [-0.3, -0.25) is 9.89 Å². The molecule has 1 amide bonds. The number of carbonyl (C=O) groups is 1. The van der Waals surface area contributed by atoms with Gasteiger partial charge in [-0.2, -0.15) is 0 Å². The van der Waals surface area contributed by atoms with Gasteiger partial charge in [0.2, 0.25) is 0 Å². The number of nitrogens with zero attached hydrogens (tertiary/aromatic N) is 3. The number of likely N-dealkylation sites (N-methyl/N-ethyl adjacent to an activating group) is 1. The molecule has 0 saturated carbocycles. The second-order valence-electron chi connectivity index (χ2n) is 10.1. The number of rotatable bonds is 5. The largest absolute Gasteiger partial charge is 0.444 e. The number of guanidine groups is 1. The third-order valence-corrected chi connectivity index (χ3v) is 6.64. The van der Waals surface area contributed by atoms with Crippen molar-refractivity contribution in [3.63, 3.8) is 0 Å². The SMILES string of the molecule is CCNC(=NCC1CCCCN1CC)NC1CC2CCC(C1)N2C(=O)OC(C)(C)C. The number of fused-ring (bicyclic) bond motifs is 2. The minimum Gasteiger partial charge on any atom is -0.444 e. The second kappa shape index (κ2) is 10.2. The molecule has 172 valence electrons. The molecule has 0 aromatic rings. The summed E-state index contributed by atoms with van der Waals surface area (Å²) in [4.78, 5) is 22.2. The van der Waals surface area contributed by atoms with Crippen molar-refractivity contribution in [2.75, 3.05) is 26.2 Å². The van der Waals surface area contributed by atoms with Gasteiger partial charge in [0.25, 0.3) is 0 Å². The Morgan fingerprint density at radius 3 is 2.40 bits per heavy atom. The Hall–Kier alpha value is -1.50. The van der Waals surface area contributed by atoms with Crippen LogP contribution < -0.4 is 10.6 Å². The zero-order valence-corrected chi connectivity index (χ0v) is 19.7. The molecule has 3 aliphatic rings. The predicted octanol–water partition coefficient (Wildman–Crippen LogP) is 3.35. The topological polar surface area (TPSA) is 69.2 Å². The molecule has 2 bridgehead atoms. The highest BCUT2D eigenvalue weighted by Crippen LogP contribution is 2.36. The van der Waals surface area contributed by atoms with Gasteiger partial charge in [0.1, 0.15) is 5.60 Å². The van der Waals surface area contributed by atoms with Crippen molar-refractivity contribution in [1.82, 2.24) is 20.4 Å². The van der Waals surface area contributed by atoms with Crippen LogP contribution >= 0.6 is 0 Å². The number of carbonyl (C=O) groups excluding carboxylic acids is 1. The molecule has 0 radical (unpaired) electrons. The van der Waals surface area contributed by atoms with Crippen LogP contribution in [0.15, 0.2) is 4.99 Å². The van der Waals surface area contributed by atoms with Gasteiger partial charge in [-0.05, 0) is 79.3 Å². The van der Waals surface area contributed by atoms with Crippen molar-refractivity contribution in [2.45, 2.75) is 109 Å². The van der Waals surface area contributed by atoms with Crippen LogP contribution in [0, 0.1) is 0 Å². The van der Waals surface area contributed by atoms with Gasteiger partial charge in [0.15, 0.2) is 5.96 Å². The molecular weight excluding hydrogens is 378 g/mol. The number of nitrogens with one attached hydrogen (secondary N) is 2. The van der Waals surface area contributed by atoms with Gasteiger partial charge in [0, 0.05) is 30.7 Å². The van der Waals surface area contributed by atoms with Gasteiger partial charge in [-0.25, -0.2) is 4.79 Å². The van der Waals surface area contributed by atoms with Crippen molar-refractivity contribution in [3.8, 4) is 0 Å². The summed E-state index contributed by atoms with van der Waals surface area (Å²) in [7, 11) is 0. The summed E-state index contributed by atoms with van der Waals surface area (Å²) in [5.74, 6) is 0.925. The average molecular weight is 422 g/mol. The summed E-state index contributed by atoms with van der Waals surface area (Å²) < 4.78 is 5.67. The summed E-state index contributed by atoms with van der Waals surface area (Å²) in [6.07, 6.45) is 7.79. The third-order valence-electron chi connectivity index (χ3n) is 6.64. The van der Waals surface area contributed by atoms with Crippen LogP contribution in [0.4, 0.5) is 4.79 Å². The lowest BCUT2D eigenvalue weighted by Crippen LogP contribution is -2.55. The number of hydrogen-bond acceptors (Lipinski definition) is 4. The van der Waals surface area contributed by atoms with Gasteiger partial charge in [-0.1, -0.05) is 13.3 Å². The number of ether oxygens (including phenoxy) is 1. The van der Waals surface area contributed by atoms with Crippen molar-refractivity contribution >= 4 is 12.1 Å². The molecule has 3 fully saturated rings. The highest BCUT2D eigenvalue weighted by Gasteiger charge is 2.45. The van der Waals surface area contributed by atoms with Crippen molar-refractivity contribution < 1.29 is 9.53 Å². The Bertz CT molecular complexity index is 589. The lowest BCUT2D eigenvalue weighted by molar-refractivity contribution is 0.00545. The highest BCUT2D eigenvalue weighted by molar-refractivity contribution is 5.80. The van der Waals surface area contributed by atoms with Gasteiger partial charge >= 0.3 is 6.09 Å². The van der Waals surface area contributed by atoms with E-state index >= 15 is 0 Å². The molecule has 30 heavy (non-hydrogen) atoms. The van der Waals surface area contributed by atoms with Crippen molar-refractivity contribution in [2.24, 2.45) is 4.99 Å². The third kappa shape index (κ3) is 6.02. The van der Waals surface area contributed by atoms with E-state index < -0.39 is 5.60 Å². The summed E-state index contributed by atoms with van der Waals surface area (Å²) >= 11 is 0. The van der Waals surface area contributed by atoms with Crippen LogP contribution in [0.3, 0.4) is 0 Å². The van der Waals surface area contributed by atoms with Gasteiger partial charge in [-0.15, -0.1) is 0 Å². The Balaban J connectivity index is 1.57. The molecule has 3 rings (SSSR count). The van der Waals surface area contributed by atoms with Crippen LogP contribution in [-0.4, -0.2) is 77.8 Å². The summed E-state index contributed by atoms with van der Waals surface area (Å²) in [5.41, 5.74) is -0.442. The molecule has 0 aromatic carbocycles. The van der Waals surface area contributed by atoms with Crippen LogP contribution in [0.1, 0.15) is 79.6 Å². The van der Waals surface area contributed by atoms with E-state index in [4.69, 9.17) is 9.73 Å². The molecule has 3 atom stereocenters. The number of likely N-dealkylation sites (tertiary alicyclic amines) is 1. The molecule has 7 heteroatoms. The maximum Gasteiger partial charge on any atom is 0.410 e. The van der Waals surface area contributed by atoms with E-state index in [1.54, 1.807) is 0 Å². The van der Waals surface area contributed by atoms with Crippen molar-refractivity contribution in [1.29, 1.82) is 0 Å². The van der Waals surface area contributed by atoms with Crippen LogP contribution in [0.5, 0.6) is 0 Å². The fraction of sp³-hybridized carbons (Fsp3) is 0.913. The molecule has 3 aliphatic heterocycles. The minimum absolute atomic E-state index is 0.147. The quantitative estimate of drug-likeness (QED) is 0.526. The smallest absolute Gasteiger partial charge is 0.410 e. The lowest BCUT2D eigenvalue weighted by atomic mass is 9.98. The number of aliphatic imine (C=N–C) groups is 1. The maximum atomic E-state index is 12.7. The first-order chi connectivity index (χ1) is 14.3. The Morgan fingerprint density at radius 1 is 1.10 bits per heavy atom. The van der Waals surface area contributed by atoms with E-state index in [0.29, 0.717) is 12.1 Å². The Morgan fingerprint density at radius 2 is 1.80 bits per heavy atom. The zero-order valence-electron chi connectivity index (χ0n) is 19.7. The molecule has 0 spiro atoms. The monoisotopic (exact) mass is 421 g/mol. The molecule has 3 unspecified atom stereocenters. The van der Waals surface area contributed by atoms with Crippen LogP contribution in [0.2, 0.25) is 0 Å². The standard InChI is InChI=1S/C23H43N5O2/c1-6-24-21(25-16-20-10-8-9-13-27(20)7-2)26-17-14-18-11-12-19(15-17)28(18)22(29)30-23(3,4)5/h17-20H,6-16H2,1-5H3,(H2,24,25,26). The van der Waals surface area contributed by atoms with E-state index in [9.17, 15) is 4.79 Å². The first-order valence-corrected chi connectivity index (χ1v) is 12.1. The summed E-state index contributed by atoms with van der Waals surface area (Å²) in [6.45, 7) is 14.2. The number of piperidine rings is 2. The number of amides is 1. The van der Waals surface area contributed by atoms with E-state index in [-0.39, 0.29) is 18.2 Å². The lowest BCUT2D eigenvalue weighted by Gasteiger charge is -2.40. The minimum atomic E-state index is -0.442. The highest BCUT2D eigenvalue weighted by atomic mass is 16.6. The summed E-state index contributed by atoms with van der Waals surface area (Å²) in [5, 5.41) is 7.11. The molecular formula is C23H43N5O2. The fourth-order valence-electron chi connectivity index (χ4n) is 5.30. The molecule has 0 aromatic heterocycles. The number of hydrogen-bond donors (Lipinski definition) is 2. The van der Waals surface area contributed by atoms with Gasteiger partial charge in [0.05, 0.1) is 6.54 Å². The fourth-order valence-corrected chi connectivity index (χ4v) is 5.30. The first-order valence-electron chi connectivity index (χ1n) is 12.1. The average Bonchev–Trinajstić information content (AvgIpc) is 2.96. The zero-order chi connectivity index (χ0) is 21.7. The summed E-state index contributed by atoms with van der Waals surface area (Å²) in [6, 6.07) is 1.46. The van der Waals surface area contributed by atoms with Crippen molar-refractivity contribution in [3.05, 3.63) is 0 Å². The Kier molecular flexibility index (Phi) is 7.88. The molecule has 7 nitrogen and oxygen atoms in total.